The molecule has 0 spiro atoms. The molecule has 2 aliphatic carbocycles. The Morgan fingerprint density at radius 3 is 2.43 bits per heavy atom. The summed E-state index contributed by atoms with van der Waals surface area (Å²) in [6.07, 6.45) is 3.31. The van der Waals surface area contributed by atoms with Gasteiger partial charge in [0.2, 0.25) is 10.0 Å². The van der Waals surface area contributed by atoms with Gasteiger partial charge in [-0.2, -0.15) is 4.31 Å². The first-order valence-corrected chi connectivity index (χ1v) is 12.3. The molecular formula is C22H35N3O2S. The van der Waals surface area contributed by atoms with Gasteiger partial charge in [-0.15, -0.1) is 0 Å². The lowest BCUT2D eigenvalue weighted by Gasteiger charge is -2.44. The average Bonchev–Trinajstić information content (AvgIpc) is 3.02. The fourth-order valence-electron chi connectivity index (χ4n) is 6.36. The number of hydrogen-bond donors (Lipinski definition) is 1. The summed E-state index contributed by atoms with van der Waals surface area (Å²) in [7, 11) is -1.28. The number of hydrogen-bond acceptors (Lipinski definition) is 4. The highest BCUT2D eigenvalue weighted by Crippen LogP contribution is 2.66. The number of aryl methyl sites for hydroxylation is 1. The van der Waals surface area contributed by atoms with Gasteiger partial charge in [-0.25, -0.2) is 8.42 Å². The second-order valence-electron chi connectivity index (χ2n) is 9.62. The van der Waals surface area contributed by atoms with E-state index < -0.39 is 10.0 Å². The lowest BCUT2D eigenvalue weighted by Crippen LogP contribution is -2.55. The summed E-state index contributed by atoms with van der Waals surface area (Å²) in [5, 5.41) is 3.46. The fraction of sp³-hybridized carbons (Fsp3) is 0.727. The van der Waals surface area contributed by atoms with Crippen molar-refractivity contribution in [3.8, 4) is 0 Å². The van der Waals surface area contributed by atoms with Gasteiger partial charge in [0.1, 0.15) is 0 Å². The van der Waals surface area contributed by atoms with Crippen molar-refractivity contribution in [1.29, 1.82) is 0 Å². The van der Waals surface area contributed by atoms with Crippen LogP contribution in [0.4, 0.5) is 5.69 Å². The molecule has 1 heterocycles. The Balaban J connectivity index is 1.49. The van der Waals surface area contributed by atoms with Gasteiger partial charge in [0.15, 0.2) is 0 Å². The molecule has 156 valence electrons. The van der Waals surface area contributed by atoms with Crippen molar-refractivity contribution in [2.45, 2.75) is 46.1 Å². The Hall–Kier alpha value is -1.11. The Morgan fingerprint density at radius 1 is 1.14 bits per heavy atom. The molecular weight excluding hydrogens is 370 g/mol. The van der Waals surface area contributed by atoms with Crippen molar-refractivity contribution >= 4 is 15.7 Å². The number of anilines is 1. The van der Waals surface area contributed by atoms with E-state index in [-0.39, 0.29) is 10.8 Å². The van der Waals surface area contributed by atoms with Crippen molar-refractivity contribution in [3.05, 3.63) is 29.8 Å². The average molecular weight is 406 g/mol. The third-order valence-corrected chi connectivity index (χ3v) is 10.3. The van der Waals surface area contributed by atoms with Gasteiger partial charge in [0.25, 0.3) is 0 Å². The quantitative estimate of drug-likeness (QED) is 0.818. The minimum absolute atomic E-state index is 0.0801. The zero-order valence-corrected chi connectivity index (χ0v) is 18.6. The van der Waals surface area contributed by atoms with Gasteiger partial charge in [0.05, 0.1) is 5.75 Å². The predicted octanol–water partition coefficient (Wildman–Crippen LogP) is 2.86. The van der Waals surface area contributed by atoms with Gasteiger partial charge >= 0.3 is 0 Å². The van der Waals surface area contributed by atoms with Crippen LogP contribution in [0, 0.1) is 23.7 Å². The summed E-state index contributed by atoms with van der Waals surface area (Å²) >= 11 is 0. The number of para-hydroxylation sites is 1. The Bertz CT molecular complexity index is 830. The van der Waals surface area contributed by atoms with Crippen LogP contribution in [0.1, 0.15) is 38.7 Å². The first kappa shape index (κ1) is 20.2. The van der Waals surface area contributed by atoms with Crippen LogP contribution >= 0.6 is 0 Å². The molecule has 5 nitrogen and oxygen atoms in total. The summed E-state index contributed by atoms with van der Waals surface area (Å²) < 4.78 is 28.7. The molecule has 4 rings (SSSR count). The minimum atomic E-state index is -3.27. The minimum Gasteiger partial charge on any atom is -0.369 e. The summed E-state index contributed by atoms with van der Waals surface area (Å²) in [5.74, 6) is 0.928. The van der Waals surface area contributed by atoms with Crippen LogP contribution in [-0.2, 0) is 10.0 Å². The molecule has 6 heteroatoms. The number of fused-ring (bicyclic) bond motifs is 2. The third kappa shape index (κ3) is 2.99. The molecule has 1 aromatic rings. The zero-order chi connectivity index (χ0) is 20.2. The van der Waals surface area contributed by atoms with E-state index >= 15 is 0 Å². The molecule has 2 bridgehead atoms. The fourth-order valence-corrected chi connectivity index (χ4v) is 8.63. The van der Waals surface area contributed by atoms with Crippen molar-refractivity contribution in [2.24, 2.45) is 16.7 Å². The number of benzene rings is 1. The summed E-state index contributed by atoms with van der Waals surface area (Å²) in [6, 6.07) is 8.67. The van der Waals surface area contributed by atoms with Crippen molar-refractivity contribution < 1.29 is 8.42 Å². The highest BCUT2D eigenvalue weighted by atomic mass is 32.2. The van der Waals surface area contributed by atoms with E-state index in [1.807, 2.05) is 7.05 Å². The highest BCUT2D eigenvalue weighted by molar-refractivity contribution is 7.89. The van der Waals surface area contributed by atoms with E-state index in [0.29, 0.717) is 30.8 Å². The Kier molecular flexibility index (Phi) is 5.04. The number of nitrogens with zero attached hydrogens (tertiary/aromatic N) is 2. The van der Waals surface area contributed by atoms with E-state index in [9.17, 15) is 8.42 Å². The lowest BCUT2D eigenvalue weighted by atomic mass is 9.69. The van der Waals surface area contributed by atoms with Gasteiger partial charge in [-0.3, -0.25) is 0 Å². The molecule has 0 amide bonds. The number of sulfonamides is 1. The molecule has 0 aromatic heterocycles. The monoisotopic (exact) mass is 405 g/mol. The maximum absolute atomic E-state index is 13.5. The molecule has 2 saturated carbocycles. The van der Waals surface area contributed by atoms with Gasteiger partial charge in [0, 0.05) is 43.3 Å². The maximum atomic E-state index is 13.5. The largest absolute Gasteiger partial charge is 0.369 e. The Labute approximate surface area is 170 Å². The van der Waals surface area contributed by atoms with Crippen LogP contribution in [0.5, 0.6) is 0 Å². The Morgan fingerprint density at radius 2 is 1.82 bits per heavy atom. The first-order valence-electron chi connectivity index (χ1n) is 10.7. The van der Waals surface area contributed by atoms with Crippen LogP contribution in [0.3, 0.4) is 0 Å². The third-order valence-electron chi connectivity index (χ3n) is 8.31. The first-order chi connectivity index (χ1) is 13.2. The summed E-state index contributed by atoms with van der Waals surface area (Å²) in [6.45, 7) is 9.41. The second-order valence-corrected chi connectivity index (χ2v) is 11.6. The lowest BCUT2D eigenvalue weighted by molar-refractivity contribution is 0.126. The van der Waals surface area contributed by atoms with Gasteiger partial charge in [-0.05, 0) is 56.2 Å². The molecule has 1 saturated heterocycles. The molecule has 3 aliphatic rings. The van der Waals surface area contributed by atoms with Gasteiger partial charge in [-0.1, -0.05) is 32.0 Å². The zero-order valence-electron chi connectivity index (χ0n) is 17.7. The second kappa shape index (κ2) is 6.99. The summed E-state index contributed by atoms with van der Waals surface area (Å²) in [4.78, 5) is 2.32. The highest BCUT2D eigenvalue weighted by Gasteiger charge is 2.65. The number of rotatable bonds is 5. The molecule has 3 unspecified atom stereocenters. The van der Waals surface area contributed by atoms with E-state index in [1.54, 1.807) is 4.31 Å². The number of piperazine rings is 1. The van der Waals surface area contributed by atoms with Crippen LogP contribution in [0.2, 0.25) is 0 Å². The summed E-state index contributed by atoms with van der Waals surface area (Å²) in [5.41, 5.74) is 2.41. The molecule has 1 aromatic carbocycles. The van der Waals surface area contributed by atoms with Gasteiger partial charge < -0.3 is 10.2 Å². The normalized spacial score (nSPS) is 32.8. The topological polar surface area (TPSA) is 52.7 Å². The molecule has 28 heavy (non-hydrogen) atoms. The van der Waals surface area contributed by atoms with Crippen LogP contribution in [0.25, 0.3) is 0 Å². The van der Waals surface area contributed by atoms with Crippen LogP contribution < -0.4 is 10.2 Å². The van der Waals surface area contributed by atoms with Crippen molar-refractivity contribution in [3.63, 3.8) is 0 Å². The van der Waals surface area contributed by atoms with E-state index in [4.69, 9.17) is 0 Å². The predicted molar refractivity (Wildman–Crippen MR) is 115 cm³/mol. The molecule has 3 atom stereocenters. The molecule has 1 N–H and O–H groups in total. The number of nitrogens with one attached hydrogen (secondary N) is 1. The SMILES string of the molecule is CNC1CC2CCC1(CS(=O)(=O)N1CCN(c3ccccc3C)CC1)C2(C)C. The smallest absolute Gasteiger partial charge is 0.214 e. The van der Waals surface area contributed by atoms with Crippen LogP contribution in [-0.4, -0.2) is 57.7 Å². The molecule has 1 aliphatic heterocycles. The van der Waals surface area contributed by atoms with E-state index in [1.165, 1.54) is 17.7 Å². The molecule has 0 radical (unpaired) electrons. The van der Waals surface area contributed by atoms with Crippen molar-refractivity contribution in [1.82, 2.24) is 9.62 Å². The molecule has 3 fully saturated rings. The van der Waals surface area contributed by atoms with Crippen LogP contribution in [0.15, 0.2) is 24.3 Å². The maximum Gasteiger partial charge on any atom is 0.214 e. The van der Waals surface area contributed by atoms with E-state index in [2.05, 4.69) is 55.3 Å². The standard InChI is InChI=1S/C22H35N3O2S/c1-17-7-5-6-8-19(17)24-11-13-25(14-12-24)28(26,27)16-22-10-9-18(21(22,2)3)15-20(22)23-4/h5-8,18,20,23H,9-16H2,1-4H3. The van der Waals surface area contributed by atoms with E-state index in [0.717, 1.165) is 25.9 Å². The van der Waals surface area contributed by atoms with Crippen molar-refractivity contribution in [2.75, 3.05) is 43.9 Å².